The first kappa shape index (κ1) is 11.6. The van der Waals surface area contributed by atoms with Crippen LogP contribution in [0.3, 0.4) is 0 Å². The Morgan fingerprint density at radius 3 is 3.00 bits per heavy atom. The summed E-state index contributed by atoms with van der Waals surface area (Å²) in [5.74, 6) is 0. The van der Waals surface area contributed by atoms with Crippen LogP contribution in [0.4, 0.5) is 0 Å². The lowest BCUT2D eigenvalue weighted by Gasteiger charge is -2.14. The van der Waals surface area contributed by atoms with Gasteiger partial charge in [-0.05, 0) is 0 Å². The lowest BCUT2D eigenvalue weighted by Crippen LogP contribution is -2.31. The standard InChI is InChI=1S/C9H16N2O2S/c1-12-7-8(13-2)5-10-6-9-11-3-4-14-9/h3-4,8,10H,5-7H2,1-2H3. The van der Waals surface area contributed by atoms with Crippen molar-refractivity contribution in [2.45, 2.75) is 12.6 Å². The Hall–Kier alpha value is -0.490. The van der Waals surface area contributed by atoms with E-state index in [9.17, 15) is 0 Å². The van der Waals surface area contributed by atoms with E-state index in [0.717, 1.165) is 18.1 Å². The largest absolute Gasteiger partial charge is 0.382 e. The molecule has 80 valence electrons. The maximum atomic E-state index is 5.21. The molecule has 1 aromatic rings. The van der Waals surface area contributed by atoms with Crippen LogP contribution in [-0.4, -0.2) is 38.5 Å². The molecule has 0 aromatic carbocycles. The van der Waals surface area contributed by atoms with Gasteiger partial charge in [0.25, 0.3) is 0 Å². The molecule has 1 unspecified atom stereocenters. The van der Waals surface area contributed by atoms with Gasteiger partial charge < -0.3 is 14.8 Å². The summed E-state index contributed by atoms with van der Waals surface area (Å²) >= 11 is 1.65. The van der Waals surface area contributed by atoms with E-state index in [2.05, 4.69) is 10.3 Å². The van der Waals surface area contributed by atoms with E-state index >= 15 is 0 Å². The first-order chi connectivity index (χ1) is 6.86. The summed E-state index contributed by atoms with van der Waals surface area (Å²) in [5.41, 5.74) is 0. The van der Waals surface area contributed by atoms with Crippen LogP contribution in [-0.2, 0) is 16.0 Å². The molecule has 0 radical (unpaired) electrons. The van der Waals surface area contributed by atoms with Crippen molar-refractivity contribution in [2.24, 2.45) is 0 Å². The molecule has 4 nitrogen and oxygen atoms in total. The number of rotatable bonds is 7. The van der Waals surface area contributed by atoms with Crippen molar-refractivity contribution in [3.8, 4) is 0 Å². The van der Waals surface area contributed by atoms with Crippen molar-refractivity contribution in [2.75, 3.05) is 27.4 Å². The molecule has 1 heterocycles. The predicted molar refractivity (Wildman–Crippen MR) is 56.5 cm³/mol. The minimum atomic E-state index is 0.111. The van der Waals surface area contributed by atoms with Gasteiger partial charge >= 0.3 is 0 Å². The summed E-state index contributed by atoms with van der Waals surface area (Å²) < 4.78 is 10.2. The highest BCUT2D eigenvalue weighted by Gasteiger charge is 2.05. The van der Waals surface area contributed by atoms with Crippen LogP contribution < -0.4 is 5.32 Å². The number of nitrogens with one attached hydrogen (secondary N) is 1. The Labute approximate surface area is 88.3 Å². The van der Waals surface area contributed by atoms with Gasteiger partial charge in [0.1, 0.15) is 5.01 Å². The van der Waals surface area contributed by atoms with E-state index in [-0.39, 0.29) is 6.10 Å². The van der Waals surface area contributed by atoms with Gasteiger partial charge in [-0.25, -0.2) is 4.98 Å². The number of methoxy groups -OCH3 is 2. The van der Waals surface area contributed by atoms with Gasteiger partial charge in [-0.1, -0.05) is 0 Å². The third-order valence-corrected chi connectivity index (χ3v) is 2.60. The second-order valence-electron chi connectivity index (χ2n) is 2.87. The topological polar surface area (TPSA) is 43.4 Å². The van der Waals surface area contributed by atoms with Crippen molar-refractivity contribution in [3.63, 3.8) is 0 Å². The predicted octanol–water partition coefficient (Wildman–Crippen LogP) is 0.894. The highest BCUT2D eigenvalue weighted by Crippen LogP contribution is 2.02. The minimum Gasteiger partial charge on any atom is -0.382 e. The Bertz CT molecular complexity index is 229. The van der Waals surface area contributed by atoms with Gasteiger partial charge in [-0.2, -0.15) is 0 Å². The van der Waals surface area contributed by atoms with Crippen molar-refractivity contribution < 1.29 is 9.47 Å². The molecule has 0 aliphatic carbocycles. The van der Waals surface area contributed by atoms with Gasteiger partial charge in [0, 0.05) is 38.9 Å². The first-order valence-electron chi connectivity index (χ1n) is 4.47. The lowest BCUT2D eigenvalue weighted by atomic mass is 10.3. The molecule has 14 heavy (non-hydrogen) atoms. The molecule has 0 saturated carbocycles. The molecule has 1 N–H and O–H groups in total. The summed E-state index contributed by atoms with van der Waals surface area (Å²) in [6.07, 6.45) is 1.92. The van der Waals surface area contributed by atoms with Crippen LogP contribution in [0.5, 0.6) is 0 Å². The highest BCUT2D eigenvalue weighted by atomic mass is 32.1. The lowest BCUT2D eigenvalue weighted by molar-refractivity contribution is 0.0288. The number of ether oxygens (including phenoxy) is 2. The van der Waals surface area contributed by atoms with Gasteiger partial charge in [0.15, 0.2) is 0 Å². The van der Waals surface area contributed by atoms with Crippen molar-refractivity contribution >= 4 is 11.3 Å². The number of thiazole rings is 1. The fourth-order valence-corrected chi connectivity index (χ4v) is 1.66. The Morgan fingerprint density at radius 2 is 2.43 bits per heavy atom. The van der Waals surface area contributed by atoms with Crippen molar-refractivity contribution in [1.82, 2.24) is 10.3 Å². The van der Waals surface area contributed by atoms with Crippen LogP contribution in [0.1, 0.15) is 5.01 Å². The van der Waals surface area contributed by atoms with Crippen LogP contribution >= 0.6 is 11.3 Å². The van der Waals surface area contributed by atoms with Crippen LogP contribution in [0.15, 0.2) is 11.6 Å². The van der Waals surface area contributed by atoms with E-state index < -0.39 is 0 Å². The Balaban J connectivity index is 2.13. The quantitative estimate of drug-likeness (QED) is 0.735. The molecule has 0 aliphatic rings. The van der Waals surface area contributed by atoms with Crippen LogP contribution in [0, 0.1) is 0 Å². The molecule has 1 aromatic heterocycles. The molecule has 1 rings (SSSR count). The number of aromatic nitrogens is 1. The van der Waals surface area contributed by atoms with Gasteiger partial charge in [-0.3, -0.25) is 0 Å². The van der Waals surface area contributed by atoms with E-state index in [4.69, 9.17) is 9.47 Å². The maximum Gasteiger partial charge on any atom is 0.106 e. The summed E-state index contributed by atoms with van der Waals surface area (Å²) in [6.45, 7) is 2.19. The minimum absolute atomic E-state index is 0.111. The molecule has 0 aliphatic heterocycles. The molecule has 0 fully saturated rings. The SMILES string of the molecule is COCC(CNCc1nccs1)OC. The zero-order chi connectivity index (χ0) is 10.2. The monoisotopic (exact) mass is 216 g/mol. The molecular formula is C9H16N2O2S. The zero-order valence-electron chi connectivity index (χ0n) is 8.53. The first-order valence-corrected chi connectivity index (χ1v) is 5.35. The van der Waals surface area contributed by atoms with E-state index in [1.54, 1.807) is 25.6 Å². The van der Waals surface area contributed by atoms with E-state index in [1.165, 1.54) is 0 Å². The van der Waals surface area contributed by atoms with Crippen LogP contribution in [0.25, 0.3) is 0 Å². The second-order valence-corrected chi connectivity index (χ2v) is 3.85. The van der Waals surface area contributed by atoms with Gasteiger partial charge in [0.2, 0.25) is 0 Å². The number of hydrogen-bond donors (Lipinski definition) is 1. The van der Waals surface area contributed by atoms with Crippen LogP contribution in [0.2, 0.25) is 0 Å². The Kier molecular flexibility index (Phi) is 5.70. The third-order valence-electron chi connectivity index (χ3n) is 1.82. The van der Waals surface area contributed by atoms with E-state index in [0.29, 0.717) is 6.61 Å². The summed E-state index contributed by atoms with van der Waals surface area (Å²) in [5, 5.41) is 6.33. The molecule has 0 saturated heterocycles. The summed E-state index contributed by atoms with van der Waals surface area (Å²) in [7, 11) is 3.36. The molecule has 0 spiro atoms. The maximum absolute atomic E-state index is 5.21. The average molecular weight is 216 g/mol. The third kappa shape index (κ3) is 4.15. The Morgan fingerprint density at radius 1 is 1.57 bits per heavy atom. The highest BCUT2D eigenvalue weighted by molar-refractivity contribution is 7.09. The fourth-order valence-electron chi connectivity index (χ4n) is 1.08. The molecule has 0 bridgehead atoms. The molecular weight excluding hydrogens is 200 g/mol. The van der Waals surface area contributed by atoms with E-state index in [1.807, 2.05) is 11.6 Å². The zero-order valence-corrected chi connectivity index (χ0v) is 9.34. The smallest absolute Gasteiger partial charge is 0.106 e. The fraction of sp³-hybridized carbons (Fsp3) is 0.667. The molecule has 5 heteroatoms. The van der Waals surface area contributed by atoms with Crippen molar-refractivity contribution in [1.29, 1.82) is 0 Å². The normalized spacial score (nSPS) is 13.0. The molecule has 0 amide bonds. The van der Waals surface area contributed by atoms with Crippen molar-refractivity contribution in [3.05, 3.63) is 16.6 Å². The second kappa shape index (κ2) is 6.89. The summed E-state index contributed by atoms with van der Waals surface area (Å²) in [6, 6.07) is 0. The summed E-state index contributed by atoms with van der Waals surface area (Å²) in [4.78, 5) is 4.17. The average Bonchev–Trinajstić information content (AvgIpc) is 2.69. The molecule has 1 atom stereocenters. The van der Waals surface area contributed by atoms with Gasteiger partial charge in [0.05, 0.1) is 12.7 Å². The van der Waals surface area contributed by atoms with Gasteiger partial charge in [-0.15, -0.1) is 11.3 Å². The number of hydrogen-bond acceptors (Lipinski definition) is 5. The number of nitrogens with zero attached hydrogens (tertiary/aromatic N) is 1.